The van der Waals surface area contributed by atoms with Gasteiger partial charge in [0.05, 0.1) is 39.6 Å². The Hall–Kier alpha value is -3.84. The molecule has 1 aliphatic heterocycles. The molecule has 1 heterocycles. The zero-order chi connectivity index (χ0) is 38.9. The first-order chi connectivity index (χ1) is 27.7. The second-order valence-corrected chi connectivity index (χ2v) is 14.3. The molecule has 0 radical (unpaired) electrons. The van der Waals surface area contributed by atoms with Crippen molar-refractivity contribution in [2.75, 3.05) is 119 Å². The molecule has 0 atom stereocenters. The van der Waals surface area contributed by atoms with Gasteiger partial charge >= 0.3 is 0 Å². The van der Waals surface area contributed by atoms with Crippen molar-refractivity contribution in [2.24, 2.45) is 0 Å². The van der Waals surface area contributed by atoms with E-state index in [1.54, 1.807) is 14.2 Å². The van der Waals surface area contributed by atoms with Crippen molar-refractivity contribution in [2.45, 2.75) is 26.2 Å². The van der Waals surface area contributed by atoms with Gasteiger partial charge in [-0.3, -0.25) is 19.6 Å². The van der Waals surface area contributed by atoms with E-state index < -0.39 is 0 Å². The Bertz CT molecular complexity index is 1430. The van der Waals surface area contributed by atoms with Crippen LogP contribution in [0.1, 0.15) is 22.3 Å². The Morgan fingerprint density at radius 1 is 0.339 bits per heavy atom. The van der Waals surface area contributed by atoms with Crippen molar-refractivity contribution in [3.63, 3.8) is 0 Å². The molecule has 4 aromatic carbocycles. The number of hydrogen-bond donors (Lipinski definition) is 0. The monoisotopic (exact) mass is 768 g/mol. The van der Waals surface area contributed by atoms with Crippen molar-refractivity contribution >= 4 is 0 Å². The number of ether oxygens (including phenoxy) is 6. The molecule has 1 aliphatic rings. The molecule has 1 saturated heterocycles. The minimum Gasteiger partial charge on any atom is -0.491 e. The number of benzene rings is 4. The highest BCUT2D eigenvalue weighted by Crippen LogP contribution is 2.17. The summed E-state index contributed by atoms with van der Waals surface area (Å²) in [5, 5.41) is 0. The van der Waals surface area contributed by atoms with Crippen molar-refractivity contribution in [3.8, 4) is 11.5 Å². The molecular formula is C46H64N4O6. The van der Waals surface area contributed by atoms with E-state index in [4.69, 9.17) is 28.4 Å². The van der Waals surface area contributed by atoms with Gasteiger partial charge in [0.2, 0.25) is 0 Å². The van der Waals surface area contributed by atoms with Crippen molar-refractivity contribution in [1.29, 1.82) is 0 Å². The third-order valence-electron chi connectivity index (χ3n) is 9.94. The first-order valence-corrected chi connectivity index (χ1v) is 20.2. The van der Waals surface area contributed by atoms with E-state index in [1.807, 2.05) is 0 Å². The Balaban J connectivity index is 1.24. The average Bonchev–Trinajstić information content (AvgIpc) is 3.23. The van der Waals surface area contributed by atoms with Gasteiger partial charge in [-0.1, -0.05) is 84.9 Å². The van der Waals surface area contributed by atoms with Crippen LogP contribution in [-0.4, -0.2) is 139 Å². The molecule has 0 amide bonds. The molecular weight excluding hydrogens is 705 g/mol. The van der Waals surface area contributed by atoms with E-state index >= 15 is 0 Å². The summed E-state index contributed by atoms with van der Waals surface area (Å²) in [7, 11) is 3.36. The van der Waals surface area contributed by atoms with Crippen LogP contribution in [0, 0.1) is 0 Å². The fourth-order valence-corrected chi connectivity index (χ4v) is 6.72. The SMILES string of the molecule is COCCOCCOc1ccc(CN2CCN(Cc3ccccc3)CCN(Cc3ccc(OCCOCCOC)cc3)CCN(Cc3ccccc3)CC2)cc1. The third-order valence-corrected chi connectivity index (χ3v) is 9.94. The molecule has 0 N–H and O–H groups in total. The van der Waals surface area contributed by atoms with Gasteiger partial charge in [0.25, 0.3) is 0 Å². The van der Waals surface area contributed by atoms with E-state index in [2.05, 4.69) is 129 Å². The normalized spacial score (nSPS) is 15.6. The van der Waals surface area contributed by atoms with Gasteiger partial charge in [0.1, 0.15) is 24.7 Å². The quantitative estimate of drug-likeness (QED) is 0.0879. The highest BCUT2D eigenvalue weighted by molar-refractivity contribution is 5.28. The zero-order valence-corrected chi connectivity index (χ0v) is 33.8. The number of nitrogens with zero attached hydrogens (tertiary/aromatic N) is 4. The maximum absolute atomic E-state index is 5.93. The molecule has 1 fully saturated rings. The first kappa shape index (κ1) is 43.3. The number of hydrogen-bond acceptors (Lipinski definition) is 10. The minimum atomic E-state index is 0.523. The van der Waals surface area contributed by atoms with E-state index in [-0.39, 0.29) is 0 Å². The molecule has 304 valence electrons. The molecule has 0 aromatic heterocycles. The highest BCUT2D eigenvalue weighted by Gasteiger charge is 2.18. The first-order valence-electron chi connectivity index (χ1n) is 20.2. The van der Waals surface area contributed by atoms with Crippen LogP contribution in [0.2, 0.25) is 0 Å². The summed E-state index contributed by atoms with van der Waals surface area (Å²) in [5.74, 6) is 1.74. The Morgan fingerprint density at radius 3 is 0.929 bits per heavy atom. The van der Waals surface area contributed by atoms with Gasteiger partial charge in [-0.2, -0.15) is 0 Å². The van der Waals surface area contributed by atoms with Crippen LogP contribution in [0.15, 0.2) is 109 Å². The maximum atomic E-state index is 5.93. The lowest BCUT2D eigenvalue weighted by atomic mass is 10.1. The average molecular weight is 769 g/mol. The van der Waals surface area contributed by atoms with Gasteiger partial charge in [-0.25, -0.2) is 0 Å². The Labute approximate surface area is 335 Å². The largest absolute Gasteiger partial charge is 0.491 e. The molecule has 5 rings (SSSR count). The van der Waals surface area contributed by atoms with Gasteiger partial charge in [-0.15, -0.1) is 0 Å². The van der Waals surface area contributed by atoms with E-state index in [0.717, 1.165) is 90.0 Å². The highest BCUT2D eigenvalue weighted by atomic mass is 16.5. The van der Waals surface area contributed by atoms with Crippen molar-refractivity contribution < 1.29 is 28.4 Å². The summed E-state index contributed by atoms with van der Waals surface area (Å²) >= 11 is 0. The molecule has 10 heteroatoms. The summed E-state index contributed by atoms with van der Waals surface area (Å²) in [6.45, 7) is 16.1. The van der Waals surface area contributed by atoms with Crippen LogP contribution < -0.4 is 9.47 Å². The Kier molecular flexibility index (Phi) is 20.2. The van der Waals surface area contributed by atoms with Crippen LogP contribution in [0.4, 0.5) is 0 Å². The minimum absolute atomic E-state index is 0.523. The van der Waals surface area contributed by atoms with Gasteiger partial charge in [0, 0.05) is 92.8 Å². The maximum Gasteiger partial charge on any atom is 0.119 e. The predicted molar refractivity (Wildman–Crippen MR) is 223 cm³/mol. The van der Waals surface area contributed by atoms with E-state index in [1.165, 1.54) is 22.3 Å². The lowest BCUT2D eigenvalue weighted by Gasteiger charge is -2.34. The standard InChI is InChI=1S/C46H64N4O6/c1-51-29-31-53-33-35-55-45-17-13-43(14-18-45)39-49-25-21-47(37-41-9-5-3-6-10-41)23-27-50(28-24-48(22-26-49)38-42-11-7-4-8-12-42)40-44-15-19-46(20-16-44)56-36-34-54-32-30-52-2/h3-20H,21-40H2,1-2H3. The van der Waals surface area contributed by atoms with E-state index in [9.17, 15) is 0 Å². The zero-order valence-electron chi connectivity index (χ0n) is 33.8. The summed E-state index contributed by atoms with van der Waals surface area (Å²) < 4.78 is 33.1. The van der Waals surface area contributed by atoms with Gasteiger partial charge in [0.15, 0.2) is 0 Å². The lowest BCUT2D eigenvalue weighted by molar-refractivity contribution is 0.0544. The lowest BCUT2D eigenvalue weighted by Crippen LogP contribution is -2.45. The summed E-state index contributed by atoms with van der Waals surface area (Å²) in [6.07, 6.45) is 0. The molecule has 4 aromatic rings. The number of methoxy groups -OCH3 is 2. The smallest absolute Gasteiger partial charge is 0.119 e. The summed E-state index contributed by atoms with van der Waals surface area (Å²) in [6, 6.07) is 38.9. The molecule has 0 unspecified atom stereocenters. The van der Waals surface area contributed by atoms with Crippen LogP contribution in [0.3, 0.4) is 0 Å². The summed E-state index contributed by atoms with van der Waals surface area (Å²) in [4.78, 5) is 10.5. The second kappa shape index (κ2) is 26.1. The van der Waals surface area contributed by atoms with Crippen molar-refractivity contribution in [3.05, 3.63) is 131 Å². The molecule has 0 aliphatic carbocycles. The molecule has 56 heavy (non-hydrogen) atoms. The van der Waals surface area contributed by atoms with Gasteiger partial charge < -0.3 is 28.4 Å². The molecule has 10 nitrogen and oxygen atoms in total. The van der Waals surface area contributed by atoms with Gasteiger partial charge in [-0.05, 0) is 46.5 Å². The molecule has 0 saturated carbocycles. The predicted octanol–water partition coefficient (Wildman–Crippen LogP) is 6.09. The van der Waals surface area contributed by atoms with Crippen LogP contribution in [0.25, 0.3) is 0 Å². The second-order valence-electron chi connectivity index (χ2n) is 14.3. The fraction of sp³-hybridized carbons (Fsp3) is 0.478. The topological polar surface area (TPSA) is 68.3 Å². The third kappa shape index (κ3) is 17.1. The van der Waals surface area contributed by atoms with E-state index in [0.29, 0.717) is 52.9 Å². The van der Waals surface area contributed by atoms with Crippen LogP contribution in [0.5, 0.6) is 11.5 Å². The van der Waals surface area contributed by atoms with Crippen molar-refractivity contribution in [1.82, 2.24) is 19.6 Å². The molecule has 0 spiro atoms. The molecule has 0 bridgehead atoms. The number of rotatable bonds is 22. The summed E-state index contributed by atoms with van der Waals surface area (Å²) in [5.41, 5.74) is 5.29. The Morgan fingerprint density at radius 2 is 0.625 bits per heavy atom. The van der Waals surface area contributed by atoms with Crippen LogP contribution >= 0.6 is 0 Å². The van der Waals surface area contributed by atoms with Crippen LogP contribution in [-0.2, 0) is 45.1 Å². The fourth-order valence-electron chi connectivity index (χ4n) is 6.72.